The first-order valence-electron chi connectivity index (χ1n) is 3.26. The van der Waals surface area contributed by atoms with E-state index in [-0.39, 0.29) is 0 Å². The Kier molecular flexibility index (Phi) is 3.20. The highest BCUT2D eigenvalue weighted by atomic mass is 32.1. The van der Waals surface area contributed by atoms with Crippen LogP contribution in [0.1, 0.15) is 0 Å². The summed E-state index contributed by atoms with van der Waals surface area (Å²) in [5.41, 5.74) is 0. The van der Waals surface area contributed by atoms with Crippen molar-refractivity contribution in [3.05, 3.63) is 0 Å². The Bertz CT molecular complexity index is 241. The second-order valence-electron chi connectivity index (χ2n) is 1.92. The van der Waals surface area contributed by atoms with Crippen molar-refractivity contribution in [2.24, 2.45) is 0 Å². The number of rotatable bonds is 4. The molecule has 1 aromatic heterocycles. The number of aliphatic hydroxyl groups excluding tert-OH is 1. The fourth-order valence-corrected chi connectivity index (χ4v) is 1.10. The average molecular weight is 190 g/mol. The number of nitrogens with zero attached hydrogens (tertiary/aromatic N) is 2. The third-order valence-corrected chi connectivity index (χ3v) is 1.75. The Morgan fingerprint density at radius 3 is 2.92 bits per heavy atom. The van der Waals surface area contributed by atoms with E-state index in [9.17, 15) is 0 Å². The summed E-state index contributed by atoms with van der Waals surface area (Å²) in [7, 11) is 3.11. The molecule has 1 heterocycles. The number of aliphatic hydroxyl groups is 1. The molecule has 6 nitrogen and oxygen atoms in total. The Hall–Kier alpha value is -0.920. The van der Waals surface area contributed by atoms with Crippen LogP contribution in [0.3, 0.4) is 0 Å². The Morgan fingerprint density at radius 2 is 2.42 bits per heavy atom. The summed E-state index contributed by atoms with van der Waals surface area (Å²) in [5.74, 6) is 0. The van der Waals surface area contributed by atoms with Crippen LogP contribution in [-0.2, 0) is 0 Å². The number of hydrogen-bond donors (Lipinski definition) is 3. The van der Waals surface area contributed by atoms with Gasteiger partial charge in [-0.2, -0.15) is 4.98 Å². The van der Waals surface area contributed by atoms with Gasteiger partial charge < -0.3 is 15.2 Å². The quantitative estimate of drug-likeness (QED) is 0.553. The number of ether oxygens (including phenoxy) is 1. The molecule has 0 amide bonds. The van der Waals surface area contributed by atoms with Crippen LogP contribution in [0.15, 0.2) is 0 Å². The van der Waals surface area contributed by atoms with E-state index in [4.69, 9.17) is 9.84 Å². The molecule has 0 aliphatic rings. The summed E-state index contributed by atoms with van der Waals surface area (Å²) in [6.07, 6.45) is -0.817. The van der Waals surface area contributed by atoms with E-state index in [0.29, 0.717) is 11.1 Å². The lowest BCUT2D eigenvalue weighted by Crippen LogP contribution is -2.32. The number of anilines is 1. The van der Waals surface area contributed by atoms with Crippen molar-refractivity contribution in [3.8, 4) is 6.01 Å². The van der Waals surface area contributed by atoms with Gasteiger partial charge in [0.2, 0.25) is 5.13 Å². The number of methoxy groups -OCH3 is 1. The van der Waals surface area contributed by atoms with Crippen molar-refractivity contribution in [1.82, 2.24) is 14.7 Å². The number of hydrogen-bond acceptors (Lipinski definition) is 7. The molecule has 1 unspecified atom stereocenters. The highest BCUT2D eigenvalue weighted by Gasteiger charge is 2.05. The van der Waals surface area contributed by atoms with E-state index < -0.39 is 6.35 Å². The fourth-order valence-electron chi connectivity index (χ4n) is 0.541. The van der Waals surface area contributed by atoms with Crippen molar-refractivity contribution in [2.45, 2.75) is 6.35 Å². The van der Waals surface area contributed by atoms with Gasteiger partial charge in [0.1, 0.15) is 0 Å². The molecule has 0 radical (unpaired) electrons. The number of aromatic nitrogens is 2. The van der Waals surface area contributed by atoms with Gasteiger partial charge in [0.05, 0.1) is 7.11 Å². The average Bonchev–Trinajstić information content (AvgIpc) is 2.52. The van der Waals surface area contributed by atoms with Gasteiger partial charge >= 0.3 is 6.01 Å². The molecule has 0 aliphatic carbocycles. The molecular weight excluding hydrogens is 180 g/mol. The predicted octanol–water partition coefficient (Wildman–Crippen LogP) is -0.546. The lowest BCUT2D eigenvalue weighted by molar-refractivity contribution is 0.175. The van der Waals surface area contributed by atoms with Crippen LogP contribution in [0.4, 0.5) is 5.13 Å². The first kappa shape index (κ1) is 9.17. The summed E-state index contributed by atoms with van der Waals surface area (Å²) in [6.45, 7) is 0. The minimum Gasteiger partial charge on any atom is -0.466 e. The SMILES string of the molecule is CNC(O)Nc1nc(OC)ns1. The van der Waals surface area contributed by atoms with Crippen LogP contribution in [0.5, 0.6) is 6.01 Å². The van der Waals surface area contributed by atoms with Crippen molar-refractivity contribution in [3.63, 3.8) is 0 Å². The van der Waals surface area contributed by atoms with Gasteiger partial charge in [-0.25, -0.2) is 0 Å². The van der Waals surface area contributed by atoms with Gasteiger partial charge in [0.25, 0.3) is 0 Å². The van der Waals surface area contributed by atoms with Crippen molar-refractivity contribution < 1.29 is 9.84 Å². The zero-order chi connectivity index (χ0) is 8.97. The lowest BCUT2D eigenvalue weighted by Gasteiger charge is -2.08. The summed E-state index contributed by atoms with van der Waals surface area (Å²) in [5, 5.41) is 14.8. The maximum atomic E-state index is 9.07. The van der Waals surface area contributed by atoms with Gasteiger partial charge in [-0.1, -0.05) is 0 Å². The van der Waals surface area contributed by atoms with Gasteiger partial charge in [-0.05, 0) is 7.05 Å². The first-order valence-corrected chi connectivity index (χ1v) is 4.03. The van der Waals surface area contributed by atoms with Gasteiger partial charge in [-0.15, -0.1) is 4.37 Å². The molecule has 0 aromatic carbocycles. The molecule has 1 rings (SSSR count). The van der Waals surface area contributed by atoms with E-state index in [0.717, 1.165) is 11.5 Å². The Morgan fingerprint density at radius 1 is 1.67 bits per heavy atom. The second-order valence-corrected chi connectivity index (χ2v) is 2.67. The largest absolute Gasteiger partial charge is 0.466 e. The van der Waals surface area contributed by atoms with Crippen molar-refractivity contribution in [1.29, 1.82) is 0 Å². The summed E-state index contributed by atoms with van der Waals surface area (Å²) in [4.78, 5) is 3.89. The summed E-state index contributed by atoms with van der Waals surface area (Å²) >= 11 is 1.12. The molecule has 3 N–H and O–H groups in total. The van der Waals surface area contributed by atoms with Crippen LogP contribution >= 0.6 is 11.5 Å². The lowest BCUT2D eigenvalue weighted by atomic mass is 10.9. The molecule has 0 bridgehead atoms. The van der Waals surface area contributed by atoms with E-state index in [2.05, 4.69) is 20.0 Å². The highest BCUT2D eigenvalue weighted by molar-refractivity contribution is 7.09. The molecule has 1 atom stereocenters. The van der Waals surface area contributed by atoms with Crippen LogP contribution in [-0.4, -0.2) is 35.0 Å². The maximum absolute atomic E-state index is 9.07. The summed E-state index contributed by atoms with van der Waals surface area (Å²) < 4.78 is 8.59. The monoisotopic (exact) mass is 190 g/mol. The highest BCUT2D eigenvalue weighted by Crippen LogP contribution is 2.15. The Labute approximate surface area is 73.8 Å². The molecule has 0 saturated carbocycles. The summed E-state index contributed by atoms with van der Waals surface area (Å²) in [6, 6.07) is 0.297. The van der Waals surface area contributed by atoms with Crippen LogP contribution in [0.2, 0.25) is 0 Å². The minimum absolute atomic E-state index is 0.297. The Balaban J connectivity index is 2.52. The second kappa shape index (κ2) is 4.19. The number of nitrogens with one attached hydrogen (secondary N) is 2. The fraction of sp³-hybridized carbons (Fsp3) is 0.600. The molecule has 0 fully saturated rings. The molecule has 7 heteroatoms. The molecule has 12 heavy (non-hydrogen) atoms. The molecular formula is C5H10N4O2S. The minimum atomic E-state index is -0.817. The van der Waals surface area contributed by atoms with Crippen LogP contribution < -0.4 is 15.4 Å². The molecule has 1 aromatic rings. The maximum Gasteiger partial charge on any atom is 0.329 e. The predicted molar refractivity (Wildman–Crippen MR) is 45.2 cm³/mol. The normalized spacial score (nSPS) is 12.6. The van der Waals surface area contributed by atoms with E-state index in [1.165, 1.54) is 7.11 Å². The van der Waals surface area contributed by atoms with Crippen molar-refractivity contribution >= 4 is 16.7 Å². The molecule has 0 aliphatic heterocycles. The van der Waals surface area contributed by atoms with Crippen molar-refractivity contribution in [2.75, 3.05) is 19.5 Å². The first-order chi connectivity index (χ1) is 5.76. The smallest absolute Gasteiger partial charge is 0.329 e. The van der Waals surface area contributed by atoms with E-state index in [1.54, 1.807) is 7.05 Å². The standard InChI is InChI=1S/C5H10N4O2S/c1-6-3(10)7-5-8-4(11-2)9-12-5/h3,6,10H,1-2H3,(H,7,8,9). The zero-order valence-corrected chi connectivity index (χ0v) is 7.55. The zero-order valence-electron chi connectivity index (χ0n) is 6.74. The molecule has 0 saturated heterocycles. The van der Waals surface area contributed by atoms with Gasteiger partial charge in [-0.3, -0.25) is 5.32 Å². The van der Waals surface area contributed by atoms with Crippen LogP contribution in [0, 0.1) is 0 Å². The van der Waals surface area contributed by atoms with E-state index in [1.807, 2.05) is 0 Å². The van der Waals surface area contributed by atoms with Gasteiger partial charge in [0, 0.05) is 11.5 Å². The van der Waals surface area contributed by atoms with Gasteiger partial charge in [0.15, 0.2) is 6.35 Å². The van der Waals surface area contributed by atoms with Crippen LogP contribution in [0.25, 0.3) is 0 Å². The molecule has 0 spiro atoms. The third kappa shape index (κ3) is 2.29. The topological polar surface area (TPSA) is 79.3 Å². The third-order valence-electron chi connectivity index (χ3n) is 1.12. The molecule has 68 valence electrons. The van der Waals surface area contributed by atoms with E-state index >= 15 is 0 Å².